The van der Waals surface area contributed by atoms with Crippen LogP contribution in [0.3, 0.4) is 0 Å². The van der Waals surface area contributed by atoms with Gasteiger partial charge < -0.3 is 0 Å². The Balaban J connectivity index is 1.96. The lowest BCUT2D eigenvalue weighted by molar-refractivity contribution is -0.266. The monoisotopic (exact) mass is 330 g/mol. The van der Waals surface area contributed by atoms with Crippen LogP contribution in [-0.4, -0.2) is 14.4 Å². The number of para-hydroxylation sites is 1. The molecule has 4 aromatic rings. The van der Waals surface area contributed by atoms with Crippen LogP contribution in [0, 0.1) is 0 Å². The molecule has 4 heteroatoms. The number of benzene rings is 2. The first-order valence-electron chi connectivity index (χ1n) is 8.64. The fraction of sp³-hybridized carbons (Fsp3) is 0.286. The van der Waals surface area contributed by atoms with Gasteiger partial charge in [-0.2, -0.15) is 0 Å². The highest BCUT2D eigenvalue weighted by molar-refractivity contribution is 5.91. The molecule has 125 valence electrons. The Morgan fingerprint density at radius 1 is 0.840 bits per heavy atom. The number of imidazole rings is 1. The molecule has 1 radical (unpaired) electrons. The van der Waals surface area contributed by atoms with Gasteiger partial charge in [0.2, 0.25) is 0 Å². The number of fused-ring (bicyclic) bond motifs is 6. The summed E-state index contributed by atoms with van der Waals surface area (Å²) in [4.78, 5) is 4.82. The SMILES string of the molecule is CC1(C)c2cc3nc4ccc5ccccc5n4c3cc2C(C)(C)N1[O]. The standard InChI is InChI=1S/C21H20N3O/c1-20(2)14-11-16-18(12-15(14)21(3,4)24(20)25)23-17-8-6-5-7-13(17)9-10-19(23)22-16/h5-12H,1-4H3. The second kappa shape index (κ2) is 4.40. The third kappa shape index (κ3) is 1.71. The van der Waals surface area contributed by atoms with Crippen molar-refractivity contribution in [2.75, 3.05) is 0 Å². The van der Waals surface area contributed by atoms with Crippen molar-refractivity contribution in [3.8, 4) is 0 Å². The molecule has 0 N–H and O–H groups in total. The van der Waals surface area contributed by atoms with E-state index in [2.05, 4.69) is 40.8 Å². The van der Waals surface area contributed by atoms with E-state index < -0.39 is 11.1 Å². The molecule has 0 fully saturated rings. The molecule has 0 bridgehead atoms. The molecular formula is C21H20N3O. The Hall–Kier alpha value is -2.43. The molecule has 3 heterocycles. The van der Waals surface area contributed by atoms with E-state index in [1.165, 1.54) is 10.4 Å². The van der Waals surface area contributed by atoms with Crippen LogP contribution in [0.1, 0.15) is 38.8 Å². The van der Waals surface area contributed by atoms with Gasteiger partial charge in [-0.1, -0.05) is 18.2 Å². The maximum absolute atomic E-state index is 12.9. The lowest BCUT2D eigenvalue weighted by Gasteiger charge is -2.32. The molecule has 1 aliphatic rings. The summed E-state index contributed by atoms with van der Waals surface area (Å²) in [6.07, 6.45) is 0. The van der Waals surface area contributed by atoms with Crippen molar-refractivity contribution in [1.82, 2.24) is 14.4 Å². The molecule has 1 aliphatic heterocycles. The Kier molecular flexibility index (Phi) is 2.61. The number of aromatic nitrogens is 2. The van der Waals surface area contributed by atoms with E-state index in [0.717, 1.165) is 33.3 Å². The minimum Gasteiger partial charge on any atom is -0.292 e. The van der Waals surface area contributed by atoms with E-state index in [4.69, 9.17) is 4.98 Å². The minimum absolute atomic E-state index is 0.551. The van der Waals surface area contributed by atoms with Crippen LogP contribution in [0.25, 0.3) is 27.6 Å². The van der Waals surface area contributed by atoms with E-state index in [0.29, 0.717) is 0 Å². The topological polar surface area (TPSA) is 40.4 Å². The summed E-state index contributed by atoms with van der Waals surface area (Å²) in [6, 6.07) is 16.8. The van der Waals surface area contributed by atoms with Gasteiger partial charge in [0, 0.05) is 0 Å². The summed E-state index contributed by atoms with van der Waals surface area (Å²) < 4.78 is 2.20. The highest BCUT2D eigenvalue weighted by Gasteiger charge is 2.50. The smallest absolute Gasteiger partial charge is 0.138 e. The summed E-state index contributed by atoms with van der Waals surface area (Å²) in [6.45, 7) is 7.98. The summed E-state index contributed by atoms with van der Waals surface area (Å²) in [5.74, 6) is 0. The number of hydrogen-bond acceptors (Lipinski definition) is 2. The molecule has 2 aromatic heterocycles. The largest absolute Gasteiger partial charge is 0.292 e. The van der Waals surface area contributed by atoms with E-state index in [-0.39, 0.29) is 0 Å². The molecular weight excluding hydrogens is 310 g/mol. The zero-order chi connectivity index (χ0) is 17.6. The summed E-state index contributed by atoms with van der Waals surface area (Å²) in [7, 11) is 0. The van der Waals surface area contributed by atoms with Gasteiger partial charge in [0.25, 0.3) is 0 Å². The first-order valence-corrected chi connectivity index (χ1v) is 8.64. The highest BCUT2D eigenvalue weighted by Crippen LogP contribution is 2.49. The lowest BCUT2D eigenvalue weighted by atomic mass is 9.90. The van der Waals surface area contributed by atoms with Crippen LogP contribution in [0.5, 0.6) is 0 Å². The van der Waals surface area contributed by atoms with Crippen molar-refractivity contribution in [2.24, 2.45) is 0 Å². The van der Waals surface area contributed by atoms with Gasteiger partial charge in [-0.05, 0) is 74.5 Å². The first-order chi connectivity index (χ1) is 11.8. The quantitative estimate of drug-likeness (QED) is 0.466. The van der Waals surface area contributed by atoms with Gasteiger partial charge >= 0.3 is 0 Å². The van der Waals surface area contributed by atoms with E-state index in [1.54, 1.807) is 0 Å². The van der Waals surface area contributed by atoms with Crippen molar-refractivity contribution in [2.45, 2.75) is 38.8 Å². The summed E-state index contributed by atoms with van der Waals surface area (Å²) in [5.41, 5.74) is 5.14. The molecule has 25 heavy (non-hydrogen) atoms. The zero-order valence-electron chi connectivity index (χ0n) is 14.9. The normalized spacial score (nSPS) is 19.1. The van der Waals surface area contributed by atoms with E-state index in [1.807, 2.05) is 39.8 Å². The van der Waals surface area contributed by atoms with Crippen molar-refractivity contribution in [1.29, 1.82) is 0 Å². The molecule has 0 spiro atoms. The lowest BCUT2D eigenvalue weighted by Crippen LogP contribution is -2.41. The third-order valence-electron chi connectivity index (χ3n) is 5.74. The van der Waals surface area contributed by atoms with E-state index >= 15 is 0 Å². The van der Waals surface area contributed by atoms with Gasteiger partial charge in [-0.3, -0.25) is 4.40 Å². The Morgan fingerprint density at radius 2 is 1.52 bits per heavy atom. The predicted molar refractivity (Wildman–Crippen MR) is 98.8 cm³/mol. The highest BCUT2D eigenvalue weighted by atomic mass is 16.5. The van der Waals surface area contributed by atoms with Crippen LogP contribution in [0.15, 0.2) is 48.5 Å². The molecule has 4 nitrogen and oxygen atoms in total. The van der Waals surface area contributed by atoms with Gasteiger partial charge in [-0.25, -0.2) is 4.98 Å². The van der Waals surface area contributed by atoms with Crippen LogP contribution >= 0.6 is 0 Å². The number of hydrogen-bond donors (Lipinski definition) is 0. The molecule has 0 saturated carbocycles. The number of rotatable bonds is 0. The van der Waals surface area contributed by atoms with Gasteiger partial charge in [0.1, 0.15) is 5.65 Å². The predicted octanol–water partition coefficient (Wildman–Crippen LogP) is 4.77. The average molecular weight is 330 g/mol. The Morgan fingerprint density at radius 3 is 2.28 bits per heavy atom. The fourth-order valence-electron chi connectivity index (χ4n) is 4.43. The van der Waals surface area contributed by atoms with Gasteiger partial charge in [0.15, 0.2) is 0 Å². The second-order valence-corrected chi connectivity index (χ2v) is 8.00. The molecule has 0 amide bonds. The van der Waals surface area contributed by atoms with Crippen molar-refractivity contribution < 1.29 is 5.21 Å². The Bertz CT molecular complexity index is 1170. The van der Waals surface area contributed by atoms with Crippen LogP contribution in [0.4, 0.5) is 0 Å². The van der Waals surface area contributed by atoms with Crippen molar-refractivity contribution >= 4 is 27.6 Å². The molecule has 0 atom stereocenters. The molecule has 2 aromatic carbocycles. The average Bonchev–Trinajstić information content (AvgIpc) is 3.02. The summed E-state index contributed by atoms with van der Waals surface area (Å²) >= 11 is 0. The maximum Gasteiger partial charge on any atom is 0.138 e. The van der Waals surface area contributed by atoms with Crippen LogP contribution in [0.2, 0.25) is 0 Å². The third-order valence-corrected chi connectivity index (χ3v) is 5.74. The molecule has 0 aliphatic carbocycles. The number of hydroxylamine groups is 2. The first kappa shape index (κ1) is 14.9. The molecule has 5 rings (SSSR count). The van der Waals surface area contributed by atoms with Gasteiger partial charge in [-0.15, -0.1) is 10.3 Å². The molecule has 0 unspecified atom stereocenters. The van der Waals surface area contributed by atoms with Crippen LogP contribution in [-0.2, 0) is 16.3 Å². The number of nitrogens with zero attached hydrogens (tertiary/aromatic N) is 3. The zero-order valence-corrected chi connectivity index (χ0v) is 14.9. The summed E-state index contributed by atoms with van der Waals surface area (Å²) in [5, 5.41) is 15.3. The van der Waals surface area contributed by atoms with Crippen molar-refractivity contribution in [3.63, 3.8) is 0 Å². The fourth-order valence-corrected chi connectivity index (χ4v) is 4.43. The van der Waals surface area contributed by atoms with Gasteiger partial charge in [0.05, 0.1) is 27.6 Å². The Labute approximate surface area is 146 Å². The number of pyridine rings is 1. The van der Waals surface area contributed by atoms with Crippen molar-refractivity contribution in [3.05, 3.63) is 59.7 Å². The second-order valence-electron chi connectivity index (χ2n) is 8.00. The molecule has 0 saturated heterocycles. The van der Waals surface area contributed by atoms with Crippen LogP contribution < -0.4 is 0 Å². The van der Waals surface area contributed by atoms with E-state index in [9.17, 15) is 5.21 Å². The maximum atomic E-state index is 12.9. The minimum atomic E-state index is -0.554.